The SMILES string of the molecule is C[CH2][Al]([O]c1c(Br)c(Br)c(Br)c(Br)c1Br)[O]c1c(Br)c(Br)c(Br)c(Br)c1Br. The number of benzene rings is 2. The molecule has 13 heteroatoms. The summed E-state index contributed by atoms with van der Waals surface area (Å²) in [5.41, 5.74) is 0. The van der Waals surface area contributed by atoms with Crippen LogP contribution in [-0.2, 0) is 0 Å². The third-order valence-electron chi connectivity index (χ3n) is 3.17. The molecule has 0 saturated heterocycles. The third-order valence-corrected chi connectivity index (χ3v) is 16.9. The second-order valence-electron chi connectivity index (χ2n) is 4.87. The highest BCUT2D eigenvalue weighted by Gasteiger charge is 2.35. The highest BCUT2D eigenvalue weighted by Crippen LogP contribution is 2.50. The van der Waals surface area contributed by atoms with Gasteiger partial charge in [-0.1, -0.05) is 6.92 Å². The van der Waals surface area contributed by atoms with Crippen molar-refractivity contribution in [1.82, 2.24) is 0 Å². The van der Waals surface area contributed by atoms with Crippen molar-refractivity contribution >= 4 is 174 Å². The fraction of sp³-hybridized carbons (Fsp3) is 0.143. The summed E-state index contributed by atoms with van der Waals surface area (Å²) in [7, 11) is 0. The molecule has 0 saturated carbocycles. The van der Waals surface area contributed by atoms with Gasteiger partial charge in [0.25, 0.3) is 0 Å². The fourth-order valence-corrected chi connectivity index (χ4v) is 10.3. The van der Waals surface area contributed by atoms with Crippen LogP contribution < -0.4 is 7.58 Å². The van der Waals surface area contributed by atoms with E-state index in [9.17, 15) is 0 Å². The van der Waals surface area contributed by atoms with Crippen molar-refractivity contribution in [3.8, 4) is 11.5 Å². The molecule has 0 unspecified atom stereocenters. The first-order chi connectivity index (χ1) is 12.5. The molecule has 0 aliphatic carbocycles. The Hall–Kier alpha value is 3.37. The average molecular weight is 1030 g/mol. The molecule has 2 aromatic carbocycles. The summed E-state index contributed by atoms with van der Waals surface area (Å²) in [6.07, 6.45) is 0. The van der Waals surface area contributed by atoms with E-state index in [4.69, 9.17) is 7.58 Å². The summed E-state index contributed by atoms with van der Waals surface area (Å²) >= 11 is 33.6. The molecule has 27 heavy (non-hydrogen) atoms. The molecular formula is C14H5AlBr10O2. The first kappa shape index (κ1) is 26.6. The van der Waals surface area contributed by atoms with Gasteiger partial charge in [-0.2, -0.15) is 0 Å². The Morgan fingerprint density at radius 1 is 0.481 bits per heavy atom. The smallest absolute Gasteiger partial charge is 0.610 e. The van der Waals surface area contributed by atoms with E-state index in [-0.39, 0.29) is 0 Å². The van der Waals surface area contributed by atoms with Crippen LogP contribution in [0, 0.1) is 0 Å². The van der Waals surface area contributed by atoms with Crippen LogP contribution in [0.2, 0.25) is 5.28 Å². The van der Waals surface area contributed by atoms with Crippen LogP contribution in [0.1, 0.15) is 6.92 Å². The second kappa shape index (κ2) is 11.5. The molecular weight excluding hydrogens is 1030 g/mol. The number of rotatable bonds is 5. The summed E-state index contributed by atoms with van der Waals surface area (Å²) in [5.74, 6) is 1.36. The van der Waals surface area contributed by atoms with E-state index in [0.717, 1.165) is 50.0 Å². The molecule has 0 aliphatic heterocycles. The van der Waals surface area contributed by atoms with E-state index >= 15 is 0 Å². The molecule has 2 nitrogen and oxygen atoms in total. The Bertz CT molecular complexity index is 775. The van der Waals surface area contributed by atoms with E-state index in [1.54, 1.807) is 0 Å². The Labute approximate surface area is 246 Å². The van der Waals surface area contributed by atoms with E-state index in [2.05, 4.69) is 159 Å². The van der Waals surface area contributed by atoms with Crippen molar-refractivity contribution in [1.29, 1.82) is 0 Å². The summed E-state index contributed by atoms with van der Waals surface area (Å²) in [5, 5.41) is 0.758. The summed E-state index contributed by atoms with van der Waals surface area (Å²) in [4.78, 5) is 0. The molecule has 0 N–H and O–H groups in total. The number of hydrogen-bond donors (Lipinski definition) is 0. The maximum atomic E-state index is 6.32. The van der Waals surface area contributed by atoms with Gasteiger partial charge in [0.15, 0.2) is 0 Å². The van der Waals surface area contributed by atoms with E-state index in [1.807, 2.05) is 6.92 Å². The molecule has 0 heterocycles. The highest BCUT2D eigenvalue weighted by molar-refractivity contribution is 9.16. The molecule has 146 valence electrons. The van der Waals surface area contributed by atoms with Crippen LogP contribution in [0.5, 0.6) is 11.5 Å². The zero-order chi connectivity index (χ0) is 20.6. The van der Waals surface area contributed by atoms with E-state index in [0.29, 0.717) is 11.5 Å². The van der Waals surface area contributed by atoms with Gasteiger partial charge in [-0.05, 0) is 165 Å². The minimum absolute atomic E-state index is 0.679. The van der Waals surface area contributed by atoms with E-state index < -0.39 is 14.8 Å². The molecule has 0 bridgehead atoms. The molecule has 2 aromatic rings. The number of hydrogen-bond acceptors (Lipinski definition) is 2. The lowest BCUT2D eigenvalue weighted by Crippen LogP contribution is -2.29. The van der Waals surface area contributed by atoms with Gasteiger partial charge >= 0.3 is 14.8 Å². The van der Waals surface area contributed by atoms with Gasteiger partial charge in [0, 0.05) is 8.95 Å². The van der Waals surface area contributed by atoms with Crippen LogP contribution in [-0.4, -0.2) is 14.8 Å². The van der Waals surface area contributed by atoms with Gasteiger partial charge in [0.1, 0.15) is 11.5 Å². The lowest BCUT2D eigenvalue weighted by Gasteiger charge is -2.22. The molecule has 0 aliphatic rings. The van der Waals surface area contributed by atoms with Crippen LogP contribution >= 0.6 is 159 Å². The van der Waals surface area contributed by atoms with Gasteiger partial charge in [-0.3, -0.25) is 0 Å². The van der Waals surface area contributed by atoms with Crippen molar-refractivity contribution in [2.45, 2.75) is 12.2 Å². The van der Waals surface area contributed by atoms with E-state index in [1.165, 1.54) is 0 Å². The first-order valence-corrected chi connectivity index (χ1v) is 16.6. The Morgan fingerprint density at radius 2 is 0.704 bits per heavy atom. The molecule has 0 atom stereocenters. The maximum Gasteiger partial charge on any atom is 0.856 e. The second-order valence-corrected chi connectivity index (χ2v) is 14.9. The van der Waals surface area contributed by atoms with Crippen molar-refractivity contribution in [2.24, 2.45) is 0 Å². The summed E-state index contributed by atoms with van der Waals surface area (Å²) in [6.45, 7) is 2.05. The number of halogens is 10. The van der Waals surface area contributed by atoms with Gasteiger partial charge in [-0.25, -0.2) is 0 Å². The average Bonchev–Trinajstić information content (AvgIpc) is 2.66. The summed E-state index contributed by atoms with van der Waals surface area (Å²) < 4.78 is 21.0. The molecule has 2 rings (SSSR count). The van der Waals surface area contributed by atoms with Crippen molar-refractivity contribution in [3.05, 3.63) is 44.7 Å². The lowest BCUT2D eigenvalue weighted by atomic mass is 10.3. The van der Waals surface area contributed by atoms with Gasteiger partial charge in [-0.15, -0.1) is 0 Å². The fourth-order valence-electron chi connectivity index (χ4n) is 1.83. The Balaban J connectivity index is 2.45. The quantitative estimate of drug-likeness (QED) is 0.169. The Morgan fingerprint density at radius 3 is 0.926 bits per heavy atom. The van der Waals surface area contributed by atoms with Crippen LogP contribution in [0.3, 0.4) is 0 Å². The van der Waals surface area contributed by atoms with Crippen molar-refractivity contribution in [2.75, 3.05) is 0 Å². The van der Waals surface area contributed by atoms with Gasteiger partial charge in [0.05, 0.1) is 35.8 Å². The molecule has 0 aromatic heterocycles. The van der Waals surface area contributed by atoms with Crippen molar-refractivity contribution in [3.63, 3.8) is 0 Å². The van der Waals surface area contributed by atoms with Gasteiger partial charge in [0.2, 0.25) is 0 Å². The van der Waals surface area contributed by atoms with Crippen LogP contribution in [0.15, 0.2) is 44.7 Å². The zero-order valence-electron chi connectivity index (χ0n) is 12.9. The zero-order valence-corrected chi connectivity index (χ0v) is 29.9. The standard InChI is InChI=1S/2C6HBr5O.C2H5.Al/c2*7-1-2(8)4(10)6(12)5(11)3(1)9;1-2;/h2*12H;1H2,2H3;/q;;;+2/p-2. The first-order valence-electron chi connectivity index (χ1n) is 6.88. The van der Waals surface area contributed by atoms with Gasteiger partial charge < -0.3 is 7.58 Å². The minimum Gasteiger partial charge on any atom is -0.610 e. The highest BCUT2D eigenvalue weighted by atomic mass is 79.9. The van der Waals surface area contributed by atoms with Crippen LogP contribution in [0.4, 0.5) is 0 Å². The largest absolute Gasteiger partial charge is 0.856 e. The van der Waals surface area contributed by atoms with Crippen molar-refractivity contribution < 1.29 is 7.58 Å². The lowest BCUT2D eigenvalue weighted by molar-refractivity contribution is 0.416. The molecule has 0 amide bonds. The molecule has 0 fully saturated rings. The molecule has 0 radical (unpaired) electrons. The molecule has 0 spiro atoms. The van der Waals surface area contributed by atoms with Crippen LogP contribution in [0.25, 0.3) is 0 Å². The maximum absolute atomic E-state index is 6.32. The third kappa shape index (κ3) is 5.84. The topological polar surface area (TPSA) is 18.5 Å². The Kier molecular flexibility index (Phi) is 11.3. The normalized spacial score (nSPS) is 10.9. The summed E-state index contributed by atoms with van der Waals surface area (Å²) in [6, 6.07) is 0. The minimum atomic E-state index is -2.13. The predicted molar refractivity (Wildman–Crippen MR) is 147 cm³/mol. The monoisotopic (exact) mass is 1020 g/mol. The predicted octanol–water partition coefficient (Wildman–Crippen LogP) is 11.3.